The lowest BCUT2D eigenvalue weighted by Gasteiger charge is -2.48. The topological polar surface area (TPSA) is 573 Å². The maximum absolute atomic E-state index is 13.4. The number of nitrogens with two attached hydrogens (primary N) is 2. The number of allylic oxidation sites excluding steroid dienone is 24. The number of hydrogen-bond acceptors (Lipinski definition) is 34. The zero-order chi connectivity index (χ0) is 103. The zero-order valence-electron chi connectivity index (χ0n) is 82.1. The van der Waals surface area contributed by atoms with E-state index >= 15 is 0 Å². The summed E-state index contributed by atoms with van der Waals surface area (Å²) in [4.78, 5) is 51.5. The van der Waals surface area contributed by atoms with E-state index in [2.05, 4.69) is 17.9 Å². The monoisotopic (exact) mass is 2050 g/mol. The van der Waals surface area contributed by atoms with Gasteiger partial charge in [-0.3, -0.25) is 19.2 Å². The fourth-order valence-corrected chi connectivity index (χ4v) is 20.1. The average molecular weight is 2060 g/mol. The minimum Gasteiger partial charge on any atom is -0.481 e. The summed E-state index contributed by atoms with van der Waals surface area (Å²) in [7, 11) is 6.40. The number of methoxy groups -OCH3 is 2. The van der Waals surface area contributed by atoms with E-state index in [0.717, 1.165) is 0 Å². The van der Waals surface area contributed by atoms with Crippen LogP contribution in [0.25, 0.3) is 0 Å². The van der Waals surface area contributed by atoms with Gasteiger partial charge in [0.1, 0.15) is 36.3 Å². The van der Waals surface area contributed by atoms with Crippen LogP contribution in [0.4, 0.5) is 0 Å². The van der Waals surface area contributed by atoms with Gasteiger partial charge in [0, 0.05) is 95.7 Å². The van der Waals surface area contributed by atoms with Crippen LogP contribution in [0, 0.1) is 35.5 Å². The lowest BCUT2D eigenvalue weighted by molar-refractivity contribution is -0.326. The van der Waals surface area contributed by atoms with Crippen LogP contribution in [0.3, 0.4) is 0 Å². The van der Waals surface area contributed by atoms with Crippen molar-refractivity contribution < 1.29 is 167 Å². The molecule has 0 saturated carbocycles. The lowest BCUT2D eigenvalue weighted by atomic mass is 9.82. The molecular formula is C100H158N2O34P4. The third-order valence-electron chi connectivity index (χ3n) is 26.6. The SMILES string of the molecule is CO[C@]12CC(O)C[C@@H](O)[C@H](O)CCC(O)C[C@@H](O)CC(=O)O[C@@H](C)[C@H](C)[C@H](O)[C@@H](C)/C=C/C=C/C=C/C=C/C=C/C=C/C=C/[C@H](O[C@@H]3O[C@H](C)[C@@H](O)[C@H](N)[C@H]3O)CC(O1)[C@H](C(=O)O)[C@@H](O)C2.CO[C@]12CC3C[C@@H](OC(P(C)P)O3)[C@H](O)CCC3C[C@H](CC(=O)O[C@@H](C)[C@H](C)[C@H](O)[C@@H](C)/C=C/C=C/C=C/C=C/C=C/C=C/C=C/[C@H](O[C@@H]4O[C@H](C)[C@@H](O)[C@H](N)[C@H]4O)CC(O1)[C@H](C(=O)O)[C@@H](O)C2)OC(P(C)P)O3. The van der Waals surface area contributed by atoms with Gasteiger partial charge in [0.15, 0.2) is 36.2 Å². The Hall–Kier alpha value is -5.16. The molecule has 8 aliphatic heterocycles. The highest BCUT2D eigenvalue weighted by molar-refractivity contribution is 8.13. The van der Waals surface area contributed by atoms with E-state index in [1.807, 2.05) is 119 Å². The number of carboxylic acids is 2. The molecule has 0 aromatic carbocycles. The Morgan fingerprint density at radius 2 is 0.736 bits per heavy atom. The predicted octanol–water partition coefficient (Wildman–Crippen LogP) is 7.23. The molecule has 8 heterocycles. The summed E-state index contributed by atoms with van der Waals surface area (Å²) >= 11 is 0. The summed E-state index contributed by atoms with van der Waals surface area (Å²) in [5.41, 5.74) is 12.2. The van der Waals surface area contributed by atoms with Crippen molar-refractivity contribution in [1.29, 1.82) is 0 Å². The Kier molecular flexibility index (Phi) is 53.0. The predicted molar refractivity (Wildman–Crippen MR) is 532 cm³/mol. The summed E-state index contributed by atoms with van der Waals surface area (Å²) in [5.74, 6) is -11.4. The van der Waals surface area contributed by atoms with Crippen LogP contribution in [0.15, 0.2) is 170 Å². The summed E-state index contributed by atoms with van der Waals surface area (Å²) in [6, 6.07) is -3.49. The van der Waals surface area contributed by atoms with Gasteiger partial charge in [-0.05, 0) is 88.3 Å². The molecule has 40 heteroatoms. The Labute approximate surface area is 829 Å². The van der Waals surface area contributed by atoms with Gasteiger partial charge >= 0.3 is 23.9 Å². The molecule has 792 valence electrons. The maximum Gasteiger partial charge on any atom is 0.311 e. The number of rotatable bonds is 10. The first-order valence-corrected chi connectivity index (χ1v) is 55.1. The summed E-state index contributed by atoms with van der Waals surface area (Å²) in [6.07, 6.45) is 18.7. The van der Waals surface area contributed by atoms with Gasteiger partial charge in [-0.2, -0.15) is 0 Å². The molecule has 8 bridgehead atoms. The number of ether oxygens (including phenoxy) is 14. The molecular weight excluding hydrogens is 1900 g/mol. The number of aliphatic hydroxyl groups is 14. The number of cyclic esters (lactones) is 2. The Morgan fingerprint density at radius 3 is 1.14 bits per heavy atom. The Morgan fingerprint density at radius 1 is 0.364 bits per heavy atom. The van der Waals surface area contributed by atoms with Gasteiger partial charge in [-0.15, -0.1) is 17.9 Å². The van der Waals surface area contributed by atoms with Crippen molar-refractivity contribution >= 4 is 57.0 Å². The normalized spacial score (nSPS) is 45.4. The van der Waals surface area contributed by atoms with Crippen molar-refractivity contribution in [2.75, 3.05) is 27.5 Å². The van der Waals surface area contributed by atoms with Gasteiger partial charge < -0.3 is 159 Å². The first kappa shape index (κ1) is 122. The molecule has 0 aliphatic carbocycles. The number of carbonyl (C=O) groups is 4. The molecule has 0 amide bonds. The standard InChI is InChI=1S/C52H83NO17P4.C48H75NO17/c1-30-20-18-16-14-12-10-8-9-11-13-15-17-19-21-34(65-49-47(59)44(53)46(58)33(4)64-49)25-41-43(48(60)61)39(55)29-52(62-5,70-41)28-37-26-40(69-51(68-37)74(7)72)38(54)23-22-35-24-36(67-50(66-35)73(6)71)27-42(56)63-32(3)31(2)45(30)57;1-28-18-16-14-12-10-8-6-7-9-11-13-15-17-19-35(65-47-45(59)42(49)44(58)31(4)64-47)25-39-41(46(60)61)38(55)27-48(62-5,66-39)26-34(52)23-37(54)36(53)21-20-32(50)22-33(51)24-40(56)63-30(3)29(2)43(28)57/h8-21,30-41,43-47,49-51,54-55,57-59H,22-29,53,71-72H2,1-7H3,(H,60,61);6-19,28-39,41-45,47,50-55,57-59H,20-27,49H2,1-5H3,(H,60,61)/b9-8+,12-10+,13-11+,16-14+,17-15+,20-18+,21-19+;7-6+,10-8+,11-9+,14-12+,15-13+,18-16+,19-17+/t30-,31-,32-,33+,34-,35?,36+,37?,38+,39-,40+,41?,43+,44-,45+,46+,47+,49-,50?,51?,52+,73?,74?;28-,29-,30-,31+,32?,33+,34?,35-,36+,37+,38-,39?,41+,42-,43+,44+,45+,47-,48+/m00/s1. The number of esters is 2. The molecule has 0 aromatic heterocycles. The minimum atomic E-state index is -1.78. The van der Waals surface area contributed by atoms with Crippen LogP contribution >= 0.6 is 33.1 Å². The van der Waals surface area contributed by atoms with E-state index in [4.69, 9.17) is 77.8 Å². The largest absolute Gasteiger partial charge is 0.481 e. The molecule has 0 aromatic rings. The van der Waals surface area contributed by atoms with Crippen LogP contribution in [-0.2, 0) is 85.5 Å². The van der Waals surface area contributed by atoms with Gasteiger partial charge in [0.25, 0.3) is 0 Å². The van der Waals surface area contributed by atoms with E-state index in [9.17, 15) is 101 Å². The molecule has 6 saturated heterocycles. The van der Waals surface area contributed by atoms with E-state index < -0.39 is 277 Å². The molecule has 6 fully saturated rings. The van der Waals surface area contributed by atoms with Gasteiger partial charge in [-0.1, -0.05) is 198 Å². The highest BCUT2D eigenvalue weighted by Crippen LogP contribution is 2.53. The second-order valence-electron chi connectivity index (χ2n) is 37.8. The zero-order valence-corrected chi connectivity index (χ0v) is 86.2. The van der Waals surface area contributed by atoms with Crippen molar-refractivity contribution in [3.05, 3.63) is 170 Å². The van der Waals surface area contributed by atoms with Crippen molar-refractivity contribution in [3.63, 3.8) is 0 Å². The van der Waals surface area contributed by atoms with Crippen molar-refractivity contribution in [2.45, 2.75) is 365 Å². The molecule has 140 heavy (non-hydrogen) atoms. The van der Waals surface area contributed by atoms with Crippen LogP contribution < -0.4 is 11.5 Å². The van der Waals surface area contributed by atoms with Gasteiger partial charge in [0.05, 0.1) is 159 Å². The second-order valence-corrected chi connectivity index (χ2v) is 46.2. The molecule has 44 atom stereocenters. The third-order valence-corrected chi connectivity index (χ3v) is 29.8. The minimum absolute atomic E-state index is 0.00955. The fourth-order valence-electron chi connectivity index (χ4n) is 17.8. The Balaban J connectivity index is 0.000000383. The highest BCUT2D eigenvalue weighted by atomic mass is 32.0. The van der Waals surface area contributed by atoms with Crippen LogP contribution in [0.5, 0.6) is 0 Å². The van der Waals surface area contributed by atoms with Crippen molar-refractivity contribution in [1.82, 2.24) is 0 Å². The second kappa shape index (κ2) is 61.0. The molecule has 0 spiro atoms. The molecule has 20 N–H and O–H groups in total. The summed E-state index contributed by atoms with van der Waals surface area (Å²) < 4.78 is 85.6. The molecule has 12 unspecified atom stereocenters. The van der Waals surface area contributed by atoms with E-state index in [1.165, 1.54) is 14.2 Å². The number of aliphatic hydroxyl groups excluding tert-OH is 14. The number of fused-ring (bicyclic) bond motifs is 8. The highest BCUT2D eigenvalue weighted by Gasteiger charge is 2.56. The first-order valence-electron chi connectivity index (χ1n) is 48.2. The van der Waals surface area contributed by atoms with Crippen molar-refractivity contribution in [2.24, 2.45) is 47.0 Å². The van der Waals surface area contributed by atoms with Crippen LogP contribution in [-0.4, -0.2) is 340 Å². The van der Waals surface area contributed by atoms with E-state index in [0.29, 0.717) is 12.8 Å². The molecule has 36 nitrogen and oxygen atoms in total. The quantitative estimate of drug-likeness (QED) is 0.0757. The van der Waals surface area contributed by atoms with E-state index in [-0.39, 0.29) is 94.5 Å². The third kappa shape index (κ3) is 39.2. The fraction of sp³-hybridized carbons (Fsp3) is 0.680. The molecule has 8 rings (SSSR count). The molecule has 8 aliphatic rings. The number of hydrogen-bond donors (Lipinski definition) is 18. The van der Waals surface area contributed by atoms with Crippen LogP contribution in [0.1, 0.15) is 158 Å². The number of carbonyl (C=O) groups excluding carboxylic acids is 2. The number of carboxylic acid groups (broad SMARTS) is 2. The Bertz CT molecular complexity index is 4170. The van der Waals surface area contributed by atoms with Gasteiger partial charge in [-0.25, -0.2) is 0 Å². The molecule has 0 radical (unpaired) electrons. The number of aliphatic carboxylic acids is 2. The maximum atomic E-state index is 13.4. The lowest BCUT2D eigenvalue weighted by Crippen LogP contribution is -2.61. The van der Waals surface area contributed by atoms with Crippen molar-refractivity contribution in [3.8, 4) is 0 Å². The smallest absolute Gasteiger partial charge is 0.311 e. The summed E-state index contributed by atoms with van der Waals surface area (Å²) in [5, 5.41) is 174. The van der Waals surface area contributed by atoms with Gasteiger partial charge in [0.2, 0.25) is 0 Å². The van der Waals surface area contributed by atoms with Crippen LogP contribution in [0.2, 0.25) is 0 Å². The first-order chi connectivity index (χ1) is 66.3. The summed E-state index contributed by atoms with van der Waals surface area (Å²) in [6.45, 7) is 17.9. The van der Waals surface area contributed by atoms with E-state index in [1.54, 1.807) is 120 Å². The average Bonchev–Trinajstić information content (AvgIpc) is 0.771.